The van der Waals surface area contributed by atoms with Crippen molar-refractivity contribution in [1.82, 2.24) is 24.4 Å². The molecule has 0 aromatic carbocycles. The molecular formula is C27H43Cl2N5O3. The van der Waals surface area contributed by atoms with Crippen LogP contribution < -0.4 is 0 Å². The van der Waals surface area contributed by atoms with E-state index in [0.29, 0.717) is 17.2 Å². The number of halogens is 2. The molecule has 208 valence electrons. The van der Waals surface area contributed by atoms with Gasteiger partial charge in [-0.05, 0) is 24.4 Å². The van der Waals surface area contributed by atoms with Gasteiger partial charge < -0.3 is 14.0 Å². The maximum Gasteiger partial charge on any atom is 0.305 e. The summed E-state index contributed by atoms with van der Waals surface area (Å²) in [5.74, 6) is 0.881. The molecule has 1 saturated heterocycles. The van der Waals surface area contributed by atoms with Crippen LogP contribution in [-0.2, 0) is 27.4 Å². The Balaban J connectivity index is 1.29. The summed E-state index contributed by atoms with van der Waals surface area (Å²) in [6, 6.07) is 0. The molecular weight excluding hydrogens is 513 g/mol. The number of fused-ring (bicyclic) bond motifs is 1. The van der Waals surface area contributed by atoms with E-state index in [1.807, 2.05) is 0 Å². The lowest BCUT2D eigenvalue weighted by atomic mass is 10.0. The van der Waals surface area contributed by atoms with Gasteiger partial charge in [0.25, 0.3) is 0 Å². The molecule has 0 bridgehead atoms. The maximum atomic E-state index is 11.1. The number of morpholine rings is 1. The topological polar surface area (TPSA) is 82.4 Å². The van der Waals surface area contributed by atoms with Crippen molar-refractivity contribution in [3.05, 3.63) is 16.3 Å². The van der Waals surface area contributed by atoms with Gasteiger partial charge >= 0.3 is 5.97 Å². The molecule has 3 heterocycles. The van der Waals surface area contributed by atoms with Gasteiger partial charge in [0.05, 0.1) is 26.9 Å². The SMILES string of the molecule is COC(=O)CCCCCCCCCCCCCCCn1c(CN2CCOCC2)nc2nc(Cl)nc(Cl)c21. The Morgan fingerprint density at radius 3 is 2.00 bits per heavy atom. The largest absolute Gasteiger partial charge is 0.469 e. The number of aromatic nitrogens is 4. The van der Waals surface area contributed by atoms with Gasteiger partial charge in [-0.1, -0.05) is 82.2 Å². The Morgan fingerprint density at radius 2 is 1.41 bits per heavy atom. The summed E-state index contributed by atoms with van der Waals surface area (Å²) in [4.78, 5) is 26.7. The van der Waals surface area contributed by atoms with Crippen LogP contribution >= 0.6 is 23.2 Å². The van der Waals surface area contributed by atoms with E-state index in [0.717, 1.165) is 70.0 Å². The first-order valence-corrected chi connectivity index (χ1v) is 14.8. The Bertz CT molecular complexity index is 950. The van der Waals surface area contributed by atoms with Gasteiger partial charge in [-0.2, -0.15) is 4.98 Å². The lowest BCUT2D eigenvalue weighted by Crippen LogP contribution is -2.36. The second kappa shape index (κ2) is 17.2. The van der Waals surface area contributed by atoms with Crippen LogP contribution in [0.5, 0.6) is 0 Å². The quantitative estimate of drug-likeness (QED) is 0.0886. The highest BCUT2D eigenvalue weighted by Crippen LogP contribution is 2.25. The molecule has 1 aliphatic heterocycles. The first-order chi connectivity index (χ1) is 18.1. The number of ether oxygens (including phenoxy) is 2. The highest BCUT2D eigenvalue weighted by molar-refractivity contribution is 6.35. The van der Waals surface area contributed by atoms with Gasteiger partial charge in [-0.25, -0.2) is 9.97 Å². The lowest BCUT2D eigenvalue weighted by molar-refractivity contribution is -0.140. The van der Waals surface area contributed by atoms with E-state index >= 15 is 0 Å². The zero-order chi connectivity index (χ0) is 26.3. The number of hydrogen-bond donors (Lipinski definition) is 0. The van der Waals surface area contributed by atoms with E-state index < -0.39 is 0 Å². The zero-order valence-corrected chi connectivity index (χ0v) is 23.9. The highest BCUT2D eigenvalue weighted by atomic mass is 35.5. The second-order valence-electron chi connectivity index (χ2n) is 9.95. The fourth-order valence-corrected chi connectivity index (χ4v) is 5.39. The van der Waals surface area contributed by atoms with Crippen LogP contribution in [0.25, 0.3) is 11.2 Å². The minimum atomic E-state index is -0.0897. The van der Waals surface area contributed by atoms with Crippen molar-refractivity contribution < 1.29 is 14.3 Å². The van der Waals surface area contributed by atoms with Crippen molar-refractivity contribution in [1.29, 1.82) is 0 Å². The molecule has 37 heavy (non-hydrogen) atoms. The standard InChI is InChI=1S/C27H43Cl2N5O3/c1-36-23(35)15-13-11-9-7-5-3-2-4-6-8-10-12-14-16-34-22(21-33-17-19-37-20-18-33)30-26-24(34)25(28)31-27(29)32-26/h2-21H2,1H3. The number of imidazole rings is 1. The Hall–Kier alpha value is -1.48. The molecule has 0 amide bonds. The Labute approximate surface area is 231 Å². The summed E-state index contributed by atoms with van der Waals surface area (Å²) >= 11 is 12.5. The van der Waals surface area contributed by atoms with Crippen molar-refractivity contribution in [2.75, 3.05) is 33.4 Å². The summed E-state index contributed by atoms with van der Waals surface area (Å²) in [5, 5.41) is 0.507. The van der Waals surface area contributed by atoms with Crippen molar-refractivity contribution in [3.8, 4) is 0 Å². The number of carbonyl (C=O) groups excluding carboxylic acids is 1. The third kappa shape index (κ3) is 10.7. The van der Waals surface area contributed by atoms with Crippen molar-refractivity contribution in [2.24, 2.45) is 0 Å². The predicted molar refractivity (Wildman–Crippen MR) is 148 cm³/mol. The minimum absolute atomic E-state index is 0.0897. The van der Waals surface area contributed by atoms with Gasteiger partial charge in [-0.3, -0.25) is 9.69 Å². The number of rotatable bonds is 18. The van der Waals surface area contributed by atoms with Gasteiger partial charge in [0.1, 0.15) is 11.3 Å². The van der Waals surface area contributed by atoms with Crippen LogP contribution in [0.2, 0.25) is 10.4 Å². The van der Waals surface area contributed by atoms with Crippen LogP contribution in [0.1, 0.15) is 95.7 Å². The number of unbranched alkanes of at least 4 members (excludes halogenated alkanes) is 12. The lowest BCUT2D eigenvalue weighted by Gasteiger charge is -2.26. The Kier molecular flexibility index (Phi) is 14.0. The van der Waals surface area contributed by atoms with Crippen LogP contribution in [0.15, 0.2) is 0 Å². The first kappa shape index (κ1) is 30.1. The van der Waals surface area contributed by atoms with Crippen LogP contribution in [0.3, 0.4) is 0 Å². The average molecular weight is 557 g/mol. The molecule has 0 aliphatic carbocycles. The second-order valence-corrected chi connectivity index (χ2v) is 10.6. The minimum Gasteiger partial charge on any atom is -0.469 e. The molecule has 2 aromatic heterocycles. The van der Waals surface area contributed by atoms with Gasteiger partial charge in [0.15, 0.2) is 10.8 Å². The summed E-state index contributed by atoms with van der Waals surface area (Å²) in [5.41, 5.74) is 1.37. The van der Waals surface area contributed by atoms with E-state index in [1.54, 1.807) is 0 Å². The molecule has 8 nitrogen and oxygen atoms in total. The van der Waals surface area contributed by atoms with E-state index in [4.69, 9.17) is 32.9 Å². The zero-order valence-electron chi connectivity index (χ0n) is 22.4. The van der Waals surface area contributed by atoms with Gasteiger partial charge in [-0.15, -0.1) is 0 Å². The molecule has 0 saturated carbocycles. The smallest absolute Gasteiger partial charge is 0.305 e. The maximum absolute atomic E-state index is 11.1. The molecule has 0 atom stereocenters. The monoisotopic (exact) mass is 555 g/mol. The summed E-state index contributed by atoms with van der Waals surface area (Å²) in [6.07, 6.45) is 16.5. The van der Waals surface area contributed by atoms with Crippen molar-refractivity contribution >= 4 is 40.3 Å². The summed E-state index contributed by atoms with van der Waals surface area (Å²) < 4.78 is 12.4. The number of esters is 1. The molecule has 3 rings (SSSR count). The average Bonchev–Trinajstić information content (AvgIpc) is 3.23. The van der Waals surface area contributed by atoms with E-state index in [-0.39, 0.29) is 11.3 Å². The van der Waals surface area contributed by atoms with E-state index in [2.05, 4.69) is 24.2 Å². The molecule has 2 aromatic rings. The number of aryl methyl sites for hydroxylation is 1. The number of nitrogens with zero attached hydrogens (tertiary/aromatic N) is 5. The normalized spacial score (nSPS) is 14.5. The summed E-state index contributed by atoms with van der Waals surface area (Å²) in [7, 11) is 1.46. The number of hydrogen-bond acceptors (Lipinski definition) is 7. The molecule has 10 heteroatoms. The number of carbonyl (C=O) groups is 1. The molecule has 0 radical (unpaired) electrons. The van der Waals surface area contributed by atoms with Crippen molar-refractivity contribution in [3.63, 3.8) is 0 Å². The third-order valence-corrected chi connectivity index (χ3v) is 7.50. The molecule has 1 aliphatic rings. The van der Waals surface area contributed by atoms with E-state index in [9.17, 15) is 4.79 Å². The molecule has 0 spiro atoms. The van der Waals surface area contributed by atoms with Crippen LogP contribution in [0.4, 0.5) is 0 Å². The van der Waals surface area contributed by atoms with Crippen LogP contribution in [0, 0.1) is 0 Å². The Morgan fingerprint density at radius 1 is 0.838 bits per heavy atom. The predicted octanol–water partition coefficient (Wildman–Crippen LogP) is 6.60. The highest BCUT2D eigenvalue weighted by Gasteiger charge is 2.20. The van der Waals surface area contributed by atoms with Crippen molar-refractivity contribution in [2.45, 2.75) is 103 Å². The van der Waals surface area contributed by atoms with Gasteiger partial charge in [0, 0.05) is 26.1 Å². The molecule has 0 N–H and O–H groups in total. The third-order valence-electron chi connectivity index (χ3n) is 7.07. The molecule has 1 fully saturated rings. The van der Waals surface area contributed by atoms with Crippen LogP contribution in [-0.4, -0.2) is 63.8 Å². The fraction of sp³-hybridized carbons (Fsp3) is 0.778. The van der Waals surface area contributed by atoms with E-state index in [1.165, 1.54) is 71.3 Å². The molecule has 0 unspecified atom stereocenters. The fourth-order valence-electron chi connectivity index (χ4n) is 4.92. The number of methoxy groups -OCH3 is 1. The van der Waals surface area contributed by atoms with Gasteiger partial charge in [0.2, 0.25) is 5.28 Å². The first-order valence-electron chi connectivity index (χ1n) is 14.0. The summed E-state index contributed by atoms with van der Waals surface area (Å²) in [6.45, 7) is 4.93.